The second kappa shape index (κ2) is 24.8. The lowest BCUT2D eigenvalue weighted by molar-refractivity contribution is -0.295. The molecule has 2 aliphatic heterocycles. The maximum Gasteiger partial charge on any atom is 0.0822 e. The van der Waals surface area contributed by atoms with E-state index in [-0.39, 0.29) is 0 Å². The van der Waals surface area contributed by atoms with Gasteiger partial charge in [-0.15, -0.1) is 0 Å². The van der Waals surface area contributed by atoms with Crippen molar-refractivity contribution in [2.45, 2.75) is 104 Å². The molecule has 0 N–H and O–H groups in total. The Kier molecular flexibility index (Phi) is 24.7. The summed E-state index contributed by atoms with van der Waals surface area (Å²) in [6.07, 6.45) is 19.1. The van der Waals surface area contributed by atoms with Gasteiger partial charge >= 0.3 is 0 Å². The maximum absolute atomic E-state index is 4.94. The SMILES string of the molecule is C1CCCCOOCCC1.C1COCCO1.CCCCCCCCCC. The molecular formula is C22H46O4. The fourth-order valence-corrected chi connectivity index (χ4v) is 2.79. The topological polar surface area (TPSA) is 36.9 Å². The minimum atomic E-state index is 0.778. The van der Waals surface area contributed by atoms with Gasteiger partial charge in [0.1, 0.15) is 0 Å². The molecule has 0 aromatic rings. The van der Waals surface area contributed by atoms with Gasteiger partial charge in [0.25, 0.3) is 0 Å². The highest BCUT2D eigenvalue weighted by atomic mass is 17.2. The molecule has 2 rings (SSSR count). The van der Waals surface area contributed by atoms with E-state index >= 15 is 0 Å². The molecule has 2 saturated heterocycles. The van der Waals surface area contributed by atoms with Crippen molar-refractivity contribution in [2.24, 2.45) is 0 Å². The number of hydrogen-bond acceptors (Lipinski definition) is 4. The zero-order valence-corrected chi connectivity index (χ0v) is 17.8. The van der Waals surface area contributed by atoms with E-state index in [0.717, 1.165) is 52.5 Å². The third kappa shape index (κ3) is 23.8. The van der Waals surface area contributed by atoms with Crippen LogP contribution < -0.4 is 0 Å². The third-order valence-electron chi connectivity index (χ3n) is 4.49. The summed E-state index contributed by atoms with van der Waals surface area (Å²) in [7, 11) is 0. The van der Waals surface area contributed by atoms with E-state index in [1.807, 2.05) is 0 Å². The van der Waals surface area contributed by atoms with Gasteiger partial charge in [0.05, 0.1) is 39.6 Å². The van der Waals surface area contributed by atoms with Gasteiger partial charge in [-0.05, 0) is 12.8 Å². The number of ether oxygens (including phenoxy) is 2. The van der Waals surface area contributed by atoms with Gasteiger partial charge in [-0.25, -0.2) is 9.78 Å². The van der Waals surface area contributed by atoms with Crippen LogP contribution in [-0.4, -0.2) is 39.6 Å². The number of unbranched alkanes of at least 4 members (excludes halogenated alkanes) is 7. The lowest BCUT2D eigenvalue weighted by Gasteiger charge is -2.09. The first-order chi connectivity index (χ1) is 12.9. The van der Waals surface area contributed by atoms with E-state index in [9.17, 15) is 0 Å². The predicted octanol–water partition coefficient (Wildman–Crippen LogP) is 6.47. The van der Waals surface area contributed by atoms with Gasteiger partial charge in [-0.2, -0.15) is 0 Å². The van der Waals surface area contributed by atoms with Gasteiger partial charge in [0, 0.05) is 0 Å². The van der Waals surface area contributed by atoms with Crippen molar-refractivity contribution < 1.29 is 19.2 Å². The molecule has 0 spiro atoms. The quantitative estimate of drug-likeness (QED) is 0.378. The summed E-state index contributed by atoms with van der Waals surface area (Å²) in [5, 5.41) is 0. The molecule has 0 radical (unpaired) electrons. The van der Waals surface area contributed by atoms with Gasteiger partial charge in [0.15, 0.2) is 0 Å². The van der Waals surface area contributed by atoms with Crippen LogP contribution in [0.25, 0.3) is 0 Å². The maximum atomic E-state index is 4.94. The molecule has 0 aromatic carbocycles. The number of rotatable bonds is 7. The third-order valence-corrected chi connectivity index (χ3v) is 4.49. The normalized spacial score (nSPS) is 18.7. The van der Waals surface area contributed by atoms with Crippen LogP contribution in [0.15, 0.2) is 0 Å². The fourth-order valence-electron chi connectivity index (χ4n) is 2.79. The Bertz CT molecular complexity index is 179. The van der Waals surface area contributed by atoms with E-state index in [4.69, 9.17) is 19.2 Å². The van der Waals surface area contributed by atoms with Crippen LogP contribution in [-0.2, 0) is 19.2 Å². The minimum Gasteiger partial charge on any atom is -0.377 e. The second-order valence-corrected chi connectivity index (χ2v) is 7.11. The molecule has 0 amide bonds. The Morgan fingerprint density at radius 2 is 0.769 bits per heavy atom. The van der Waals surface area contributed by atoms with Crippen molar-refractivity contribution >= 4 is 0 Å². The summed E-state index contributed by atoms with van der Waals surface area (Å²) in [5.74, 6) is 0. The van der Waals surface area contributed by atoms with E-state index in [0.29, 0.717) is 0 Å². The van der Waals surface area contributed by atoms with Crippen molar-refractivity contribution in [1.82, 2.24) is 0 Å². The van der Waals surface area contributed by atoms with E-state index < -0.39 is 0 Å². The molecule has 2 fully saturated rings. The van der Waals surface area contributed by atoms with Crippen molar-refractivity contribution in [2.75, 3.05) is 39.6 Å². The summed E-state index contributed by atoms with van der Waals surface area (Å²) in [4.78, 5) is 9.82. The van der Waals surface area contributed by atoms with Crippen LogP contribution in [0.1, 0.15) is 104 Å². The lowest BCUT2D eigenvalue weighted by atomic mass is 10.1. The first-order valence-electron chi connectivity index (χ1n) is 11.3. The predicted molar refractivity (Wildman–Crippen MR) is 110 cm³/mol. The Balaban J connectivity index is 0.000000372. The molecule has 2 heterocycles. The van der Waals surface area contributed by atoms with E-state index in [2.05, 4.69) is 13.8 Å². The van der Waals surface area contributed by atoms with Crippen molar-refractivity contribution in [1.29, 1.82) is 0 Å². The van der Waals surface area contributed by atoms with Gasteiger partial charge in [-0.1, -0.05) is 90.9 Å². The van der Waals surface area contributed by atoms with Crippen LogP contribution in [0, 0.1) is 0 Å². The van der Waals surface area contributed by atoms with E-state index in [1.165, 1.54) is 77.0 Å². The largest absolute Gasteiger partial charge is 0.377 e. The van der Waals surface area contributed by atoms with Gasteiger partial charge < -0.3 is 9.47 Å². The summed E-state index contributed by atoms with van der Waals surface area (Å²) in [6, 6.07) is 0. The van der Waals surface area contributed by atoms with Crippen LogP contribution >= 0.6 is 0 Å². The smallest absolute Gasteiger partial charge is 0.0822 e. The molecule has 158 valence electrons. The summed E-state index contributed by atoms with van der Waals surface area (Å²) >= 11 is 0. The van der Waals surface area contributed by atoms with Crippen molar-refractivity contribution in [3.8, 4) is 0 Å². The number of hydrogen-bond donors (Lipinski definition) is 0. The average molecular weight is 375 g/mol. The van der Waals surface area contributed by atoms with Crippen LogP contribution in [0.5, 0.6) is 0 Å². The standard InChI is InChI=1S/C10H22.C8H16O2.C4H8O2/c1-3-5-7-9-10-8-6-4-2;1-2-4-6-8-10-9-7-5-3-1;1-2-6-4-3-5-1/h3-10H2,1-2H3;1-8H2;1-4H2. The van der Waals surface area contributed by atoms with Crippen LogP contribution in [0.3, 0.4) is 0 Å². The zero-order valence-electron chi connectivity index (χ0n) is 17.8. The Morgan fingerprint density at radius 1 is 0.423 bits per heavy atom. The molecule has 4 nitrogen and oxygen atoms in total. The zero-order chi connectivity index (χ0) is 19.0. The Hall–Kier alpha value is -0.160. The molecule has 0 atom stereocenters. The fraction of sp³-hybridized carbons (Fsp3) is 1.00. The molecule has 2 aliphatic rings. The second-order valence-electron chi connectivity index (χ2n) is 7.11. The van der Waals surface area contributed by atoms with Crippen LogP contribution in [0.4, 0.5) is 0 Å². The highest BCUT2D eigenvalue weighted by molar-refractivity contribution is 4.45. The summed E-state index contributed by atoms with van der Waals surface area (Å²) in [6.45, 7) is 9.21. The molecule has 0 saturated carbocycles. The Labute approximate surface area is 163 Å². The minimum absolute atomic E-state index is 0.778. The summed E-state index contributed by atoms with van der Waals surface area (Å²) < 4.78 is 9.89. The first-order valence-corrected chi connectivity index (χ1v) is 11.3. The molecule has 26 heavy (non-hydrogen) atoms. The van der Waals surface area contributed by atoms with Crippen molar-refractivity contribution in [3.05, 3.63) is 0 Å². The van der Waals surface area contributed by atoms with Crippen LogP contribution in [0.2, 0.25) is 0 Å². The molecule has 0 bridgehead atoms. The first kappa shape index (κ1) is 25.8. The molecule has 0 aromatic heterocycles. The Morgan fingerprint density at radius 3 is 1.12 bits per heavy atom. The molecule has 0 aliphatic carbocycles. The summed E-state index contributed by atoms with van der Waals surface area (Å²) in [5.41, 5.74) is 0. The highest BCUT2D eigenvalue weighted by Crippen LogP contribution is 2.08. The van der Waals surface area contributed by atoms with Crippen molar-refractivity contribution in [3.63, 3.8) is 0 Å². The van der Waals surface area contributed by atoms with Gasteiger partial charge in [-0.3, -0.25) is 0 Å². The molecule has 4 heteroatoms. The molecular weight excluding hydrogens is 328 g/mol. The van der Waals surface area contributed by atoms with Gasteiger partial charge in [0.2, 0.25) is 0 Å². The highest BCUT2D eigenvalue weighted by Gasteiger charge is 1.96. The lowest BCUT2D eigenvalue weighted by Crippen LogP contribution is -2.16. The average Bonchev–Trinajstić information content (AvgIpc) is 2.71. The monoisotopic (exact) mass is 374 g/mol. The molecule has 0 unspecified atom stereocenters. The van der Waals surface area contributed by atoms with E-state index in [1.54, 1.807) is 0 Å².